The lowest BCUT2D eigenvalue weighted by molar-refractivity contribution is -0.0734. The van der Waals surface area contributed by atoms with Gasteiger partial charge in [0.15, 0.2) is 0 Å². The first kappa shape index (κ1) is 14.2. The molecule has 1 aliphatic heterocycles. The first-order chi connectivity index (χ1) is 9.02. The van der Waals surface area contributed by atoms with Crippen LogP contribution in [0.25, 0.3) is 0 Å². The van der Waals surface area contributed by atoms with Crippen LogP contribution in [-0.4, -0.2) is 53.3 Å². The Morgan fingerprint density at radius 3 is 2.89 bits per heavy atom. The van der Waals surface area contributed by atoms with Crippen molar-refractivity contribution in [3.63, 3.8) is 0 Å². The summed E-state index contributed by atoms with van der Waals surface area (Å²) in [6, 6.07) is 1.58. The maximum absolute atomic E-state index is 12.3. The van der Waals surface area contributed by atoms with Crippen molar-refractivity contribution in [1.82, 2.24) is 9.88 Å². The summed E-state index contributed by atoms with van der Waals surface area (Å²) < 4.78 is 5.22. The van der Waals surface area contributed by atoms with Crippen molar-refractivity contribution in [2.24, 2.45) is 0 Å². The minimum absolute atomic E-state index is 0.215. The molecule has 2 rings (SSSR count). The summed E-state index contributed by atoms with van der Waals surface area (Å²) >= 11 is 5.95. The molecule has 1 fully saturated rings. The normalized spacial score (nSPS) is 18.1. The Labute approximate surface area is 117 Å². The second-order valence-electron chi connectivity index (χ2n) is 4.85. The number of ether oxygens (including phenoxy) is 1. The van der Waals surface area contributed by atoms with Crippen LogP contribution < -0.4 is 0 Å². The van der Waals surface area contributed by atoms with Gasteiger partial charge in [-0.2, -0.15) is 0 Å². The lowest BCUT2D eigenvalue weighted by atomic mass is 9.94. The Bertz CT molecular complexity index is 461. The maximum Gasteiger partial charge on any atom is 0.255 e. The highest BCUT2D eigenvalue weighted by molar-refractivity contribution is 6.33. The van der Waals surface area contributed by atoms with Gasteiger partial charge in [-0.05, 0) is 6.07 Å². The monoisotopic (exact) mass is 284 g/mol. The van der Waals surface area contributed by atoms with Crippen LogP contribution >= 0.6 is 11.6 Å². The summed E-state index contributed by atoms with van der Waals surface area (Å²) in [5, 5.41) is 10.7. The highest BCUT2D eigenvalue weighted by atomic mass is 35.5. The minimum Gasteiger partial charge on any atom is -0.388 e. The molecule has 0 aliphatic carbocycles. The highest BCUT2D eigenvalue weighted by Gasteiger charge is 2.32. The molecule has 1 amide bonds. The molecule has 5 nitrogen and oxygen atoms in total. The van der Waals surface area contributed by atoms with Crippen LogP contribution in [0.3, 0.4) is 0 Å². The third-order valence-electron chi connectivity index (χ3n) is 3.30. The third-order valence-corrected chi connectivity index (χ3v) is 3.61. The van der Waals surface area contributed by atoms with Crippen molar-refractivity contribution in [2.45, 2.75) is 18.4 Å². The van der Waals surface area contributed by atoms with E-state index in [0.717, 1.165) is 0 Å². The van der Waals surface area contributed by atoms with E-state index in [-0.39, 0.29) is 12.5 Å². The van der Waals surface area contributed by atoms with Crippen molar-refractivity contribution in [1.29, 1.82) is 0 Å². The molecule has 6 heteroatoms. The fraction of sp³-hybridized carbons (Fsp3) is 0.538. The first-order valence-corrected chi connectivity index (χ1v) is 6.55. The molecule has 104 valence electrons. The molecule has 0 saturated carbocycles. The van der Waals surface area contributed by atoms with Gasteiger partial charge in [0.1, 0.15) is 0 Å². The van der Waals surface area contributed by atoms with Crippen LogP contribution in [0, 0.1) is 0 Å². The van der Waals surface area contributed by atoms with Gasteiger partial charge in [-0.3, -0.25) is 9.78 Å². The third kappa shape index (κ3) is 3.43. The zero-order chi connectivity index (χ0) is 13.9. The van der Waals surface area contributed by atoms with Crippen LogP contribution in [0.5, 0.6) is 0 Å². The average molecular weight is 285 g/mol. The number of hydrogen-bond donors (Lipinski definition) is 1. The Kier molecular flexibility index (Phi) is 4.39. The van der Waals surface area contributed by atoms with Crippen molar-refractivity contribution in [3.8, 4) is 0 Å². The van der Waals surface area contributed by atoms with E-state index in [0.29, 0.717) is 36.6 Å². The summed E-state index contributed by atoms with van der Waals surface area (Å²) in [6.45, 7) is 1.32. The molecular weight excluding hydrogens is 268 g/mol. The Morgan fingerprint density at radius 2 is 2.26 bits per heavy atom. The van der Waals surface area contributed by atoms with Gasteiger partial charge in [-0.1, -0.05) is 11.6 Å². The lowest BCUT2D eigenvalue weighted by Crippen LogP contribution is -2.47. The molecule has 0 spiro atoms. The molecule has 0 atom stereocenters. The van der Waals surface area contributed by atoms with Gasteiger partial charge in [0.25, 0.3) is 5.91 Å². The molecule has 0 radical (unpaired) electrons. The second kappa shape index (κ2) is 5.86. The van der Waals surface area contributed by atoms with Gasteiger partial charge >= 0.3 is 0 Å². The molecule has 1 saturated heterocycles. The number of carbonyl (C=O) groups excluding carboxylic acids is 1. The van der Waals surface area contributed by atoms with E-state index in [1.54, 1.807) is 13.1 Å². The Morgan fingerprint density at radius 1 is 1.58 bits per heavy atom. The molecule has 19 heavy (non-hydrogen) atoms. The van der Waals surface area contributed by atoms with E-state index in [2.05, 4.69) is 4.98 Å². The molecule has 0 unspecified atom stereocenters. The van der Waals surface area contributed by atoms with E-state index < -0.39 is 5.60 Å². The van der Waals surface area contributed by atoms with Crippen molar-refractivity contribution < 1.29 is 14.6 Å². The number of carbonyl (C=O) groups is 1. The fourth-order valence-corrected chi connectivity index (χ4v) is 2.38. The largest absolute Gasteiger partial charge is 0.388 e. The SMILES string of the molecule is CN(CC1(O)CCOCC1)C(=O)c1ccncc1Cl. The zero-order valence-corrected chi connectivity index (χ0v) is 11.6. The number of pyridine rings is 1. The second-order valence-corrected chi connectivity index (χ2v) is 5.26. The number of likely N-dealkylation sites (N-methyl/N-ethyl adjacent to an activating group) is 1. The average Bonchev–Trinajstić information content (AvgIpc) is 2.39. The molecule has 1 aliphatic rings. The van der Waals surface area contributed by atoms with E-state index in [9.17, 15) is 9.90 Å². The van der Waals surface area contributed by atoms with Gasteiger partial charge in [0, 0.05) is 52.0 Å². The van der Waals surface area contributed by atoms with Gasteiger partial charge in [0.2, 0.25) is 0 Å². The number of rotatable bonds is 3. The number of aliphatic hydroxyl groups is 1. The molecule has 1 N–H and O–H groups in total. The fourth-order valence-electron chi connectivity index (χ4n) is 2.18. The lowest BCUT2D eigenvalue weighted by Gasteiger charge is -2.35. The van der Waals surface area contributed by atoms with Crippen LogP contribution in [0.15, 0.2) is 18.5 Å². The molecular formula is C13H17ClN2O3. The van der Waals surface area contributed by atoms with Gasteiger partial charge in [0.05, 0.1) is 16.2 Å². The minimum atomic E-state index is -0.873. The summed E-state index contributed by atoms with van der Waals surface area (Å²) in [5.74, 6) is -0.215. The zero-order valence-electron chi connectivity index (χ0n) is 10.8. The molecule has 2 heterocycles. The van der Waals surface area contributed by atoms with Crippen molar-refractivity contribution >= 4 is 17.5 Å². The number of amides is 1. The van der Waals surface area contributed by atoms with Crippen LogP contribution in [0.4, 0.5) is 0 Å². The molecule has 1 aromatic heterocycles. The summed E-state index contributed by atoms with van der Waals surface area (Å²) in [4.78, 5) is 17.6. The quantitative estimate of drug-likeness (QED) is 0.910. The highest BCUT2D eigenvalue weighted by Crippen LogP contribution is 2.23. The van der Waals surface area contributed by atoms with Crippen LogP contribution in [0.1, 0.15) is 23.2 Å². The standard InChI is InChI=1S/C13H17ClN2O3/c1-16(9-13(18)3-6-19-7-4-13)12(17)10-2-5-15-8-11(10)14/h2,5,8,18H,3-4,6-7,9H2,1H3. The van der Waals surface area contributed by atoms with E-state index in [1.807, 2.05) is 0 Å². The smallest absolute Gasteiger partial charge is 0.255 e. The van der Waals surface area contributed by atoms with E-state index >= 15 is 0 Å². The number of aromatic nitrogens is 1. The van der Waals surface area contributed by atoms with Gasteiger partial charge in [-0.25, -0.2) is 0 Å². The maximum atomic E-state index is 12.3. The predicted octanol–water partition coefficient (Wildman–Crippen LogP) is 1.35. The summed E-state index contributed by atoms with van der Waals surface area (Å²) in [5.41, 5.74) is -0.475. The molecule has 0 bridgehead atoms. The molecule has 1 aromatic rings. The first-order valence-electron chi connectivity index (χ1n) is 6.17. The van der Waals surface area contributed by atoms with Crippen LogP contribution in [-0.2, 0) is 4.74 Å². The van der Waals surface area contributed by atoms with E-state index in [1.165, 1.54) is 17.3 Å². The van der Waals surface area contributed by atoms with Crippen molar-refractivity contribution in [2.75, 3.05) is 26.8 Å². The van der Waals surface area contributed by atoms with Crippen LogP contribution in [0.2, 0.25) is 5.02 Å². The van der Waals surface area contributed by atoms with Gasteiger partial charge in [-0.15, -0.1) is 0 Å². The summed E-state index contributed by atoms with van der Waals surface area (Å²) in [6.07, 6.45) is 4.03. The topological polar surface area (TPSA) is 62.7 Å². The van der Waals surface area contributed by atoms with Crippen molar-refractivity contribution in [3.05, 3.63) is 29.0 Å². The van der Waals surface area contributed by atoms with E-state index in [4.69, 9.17) is 16.3 Å². The summed E-state index contributed by atoms with van der Waals surface area (Å²) in [7, 11) is 1.66. The Balaban J connectivity index is 2.05. The number of nitrogens with zero attached hydrogens (tertiary/aromatic N) is 2. The Hall–Kier alpha value is -1.17. The number of halogens is 1. The number of hydrogen-bond acceptors (Lipinski definition) is 4. The molecule has 0 aromatic carbocycles. The predicted molar refractivity (Wildman–Crippen MR) is 71.2 cm³/mol. The van der Waals surface area contributed by atoms with Gasteiger partial charge < -0.3 is 14.7 Å².